The third kappa shape index (κ3) is 3.78. The Morgan fingerprint density at radius 3 is 2.52 bits per heavy atom. The second-order valence-electron chi connectivity index (χ2n) is 7.07. The van der Waals surface area contributed by atoms with Gasteiger partial charge in [-0.05, 0) is 35.4 Å². The predicted molar refractivity (Wildman–Crippen MR) is 98.8 cm³/mol. The molecule has 7 heteroatoms. The van der Waals surface area contributed by atoms with Crippen molar-refractivity contribution in [1.82, 2.24) is 20.1 Å². The quantitative estimate of drug-likeness (QED) is 0.825. The Hall–Kier alpha value is -2.93. The van der Waals surface area contributed by atoms with Crippen LogP contribution < -0.4 is 5.32 Å². The highest BCUT2D eigenvalue weighted by atomic mass is 16.3. The van der Waals surface area contributed by atoms with E-state index in [1.807, 2.05) is 12.1 Å². The zero-order chi connectivity index (χ0) is 18.8. The number of carbonyl (C=O) groups excluding carboxylic acids is 2. The van der Waals surface area contributed by atoms with Gasteiger partial charge in [0.05, 0.1) is 0 Å². The van der Waals surface area contributed by atoms with Crippen molar-refractivity contribution in [2.24, 2.45) is 0 Å². The maximum atomic E-state index is 12.9. The lowest BCUT2D eigenvalue weighted by Gasteiger charge is -2.45. The van der Waals surface area contributed by atoms with Crippen LogP contribution >= 0.6 is 0 Å². The molecule has 0 spiro atoms. The summed E-state index contributed by atoms with van der Waals surface area (Å²) in [6.07, 6.45) is 3.95. The maximum absolute atomic E-state index is 12.9. The van der Waals surface area contributed by atoms with E-state index in [1.165, 1.54) is 0 Å². The molecule has 0 unspecified atom stereocenters. The lowest BCUT2D eigenvalue weighted by molar-refractivity contribution is -0.153. The van der Waals surface area contributed by atoms with Gasteiger partial charge in [0.25, 0.3) is 0 Å². The molecule has 2 fully saturated rings. The standard InChI is InChI=1S/C20H22N4O3/c25-16-3-1-14(2-4-16)11-17-20(27)24-10-9-23(13-18(24)19(26)22-17)12-15-5-7-21-8-6-15/h1-8,17-18,25H,9-13H2,(H,22,26)/t17-,18-/m1/s1. The zero-order valence-corrected chi connectivity index (χ0v) is 14.9. The van der Waals surface area contributed by atoms with Crippen LogP contribution in [-0.4, -0.2) is 63.4 Å². The Morgan fingerprint density at radius 1 is 1.04 bits per heavy atom. The highest BCUT2D eigenvalue weighted by Crippen LogP contribution is 2.20. The molecule has 2 aliphatic heterocycles. The van der Waals surface area contributed by atoms with Gasteiger partial charge in [-0.3, -0.25) is 19.5 Å². The van der Waals surface area contributed by atoms with Crippen LogP contribution in [0.5, 0.6) is 5.75 Å². The first-order chi connectivity index (χ1) is 13.1. The minimum atomic E-state index is -0.551. The normalized spacial score (nSPS) is 23.0. The average Bonchev–Trinajstić information content (AvgIpc) is 2.68. The first kappa shape index (κ1) is 17.5. The number of pyridine rings is 1. The van der Waals surface area contributed by atoms with Crippen molar-refractivity contribution in [2.45, 2.75) is 25.0 Å². The third-order valence-electron chi connectivity index (χ3n) is 5.20. The SMILES string of the molecule is O=C1N[C@H](Cc2ccc(O)cc2)C(=O)N2CCN(Cc3ccncc3)C[C@H]12. The molecular formula is C20H22N4O3. The first-order valence-corrected chi connectivity index (χ1v) is 9.10. The van der Waals surface area contributed by atoms with Gasteiger partial charge in [-0.15, -0.1) is 0 Å². The van der Waals surface area contributed by atoms with Gasteiger partial charge in [0.1, 0.15) is 17.8 Å². The molecule has 0 bridgehead atoms. The lowest BCUT2D eigenvalue weighted by atomic mass is 9.98. The Labute approximate surface area is 157 Å². The molecule has 2 saturated heterocycles. The molecular weight excluding hydrogens is 344 g/mol. The number of nitrogens with one attached hydrogen (secondary N) is 1. The van der Waals surface area contributed by atoms with Crippen LogP contribution in [0.2, 0.25) is 0 Å². The van der Waals surface area contributed by atoms with Crippen molar-refractivity contribution >= 4 is 11.8 Å². The molecule has 2 N–H and O–H groups in total. The second kappa shape index (κ2) is 7.36. The van der Waals surface area contributed by atoms with Crippen molar-refractivity contribution < 1.29 is 14.7 Å². The van der Waals surface area contributed by atoms with Gasteiger partial charge in [0, 0.05) is 45.0 Å². The molecule has 2 aromatic rings. The minimum Gasteiger partial charge on any atom is -0.508 e. The van der Waals surface area contributed by atoms with Gasteiger partial charge < -0.3 is 15.3 Å². The van der Waals surface area contributed by atoms with E-state index in [-0.39, 0.29) is 17.6 Å². The summed E-state index contributed by atoms with van der Waals surface area (Å²) >= 11 is 0. The Morgan fingerprint density at radius 2 is 1.78 bits per heavy atom. The summed E-state index contributed by atoms with van der Waals surface area (Å²) in [6, 6.07) is 9.66. The molecule has 140 valence electrons. The number of aromatic hydroxyl groups is 1. The molecule has 0 radical (unpaired) electrons. The highest BCUT2D eigenvalue weighted by Gasteiger charge is 2.43. The van der Waals surface area contributed by atoms with Crippen molar-refractivity contribution in [3.8, 4) is 5.75 Å². The van der Waals surface area contributed by atoms with E-state index in [2.05, 4.69) is 15.2 Å². The van der Waals surface area contributed by atoms with E-state index in [1.54, 1.807) is 41.6 Å². The number of piperazine rings is 2. The van der Waals surface area contributed by atoms with E-state index in [0.29, 0.717) is 19.5 Å². The summed E-state index contributed by atoms with van der Waals surface area (Å²) in [5.74, 6) is 0.0529. The fourth-order valence-corrected chi connectivity index (χ4v) is 3.75. The number of phenols is 1. The average molecular weight is 366 g/mol. The molecule has 1 aromatic heterocycles. The fraction of sp³-hybridized carbons (Fsp3) is 0.350. The number of nitrogens with zero attached hydrogens (tertiary/aromatic N) is 3. The Kier molecular flexibility index (Phi) is 4.77. The number of carbonyl (C=O) groups is 2. The number of fused-ring (bicyclic) bond motifs is 1. The summed E-state index contributed by atoms with van der Waals surface area (Å²) in [5.41, 5.74) is 2.05. The van der Waals surface area contributed by atoms with Crippen molar-refractivity contribution in [2.75, 3.05) is 19.6 Å². The molecule has 3 heterocycles. The molecule has 27 heavy (non-hydrogen) atoms. The number of benzene rings is 1. The van der Waals surface area contributed by atoms with Gasteiger partial charge in [-0.25, -0.2) is 0 Å². The molecule has 4 rings (SSSR count). The number of hydrogen-bond donors (Lipinski definition) is 2. The minimum absolute atomic E-state index is 0.0313. The molecule has 2 amide bonds. The molecule has 2 aliphatic rings. The number of hydrogen-bond acceptors (Lipinski definition) is 5. The lowest BCUT2D eigenvalue weighted by Crippen LogP contribution is -2.69. The molecule has 2 atom stereocenters. The van der Waals surface area contributed by atoms with Crippen molar-refractivity contribution in [3.05, 3.63) is 59.9 Å². The zero-order valence-electron chi connectivity index (χ0n) is 14.9. The number of amides is 2. The Balaban J connectivity index is 1.42. The van der Waals surface area contributed by atoms with Crippen LogP contribution in [0.25, 0.3) is 0 Å². The molecule has 0 aliphatic carbocycles. The number of rotatable bonds is 4. The van der Waals surface area contributed by atoms with Crippen LogP contribution in [-0.2, 0) is 22.6 Å². The van der Waals surface area contributed by atoms with Gasteiger partial charge in [0.15, 0.2) is 0 Å². The first-order valence-electron chi connectivity index (χ1n) is 9.10. The maximum Gasteiger partial charge on any atom is 0.246 e. The van der Waals surface area contributed by atoms with Gasteiger partial charge in [-0.2, -0.15) is 0 Å². The van der Waals surface area contributed by atoms with Crippen LogP contribution in [0.1, 0.15) is 11.1 Å². The van der Waals surface area contributed by atoms with E-state index in [0.717, 1.165) is 24.2 Å². The third-order valence-corrected chi connectivity index (χ3v) is 5.20. The Bertz CT molecular complexity index is 825. The van der Waals surface area contributed by atoms with E-state index in [9.17, 15) is 14.7 Å². The van der Waals surface area contributed by atoms with Gasteiger partial charge in [0.2, 0.25) is 11.8 Å². The van der Waals surface area contributed by atoms with Crippen LogP contribution in [0.3, 0.4) is 0 Å². The predicted octanol–water partition coefficient (Wildman–Crippen LogP) is 0.541. The summed E-state index contributed by atoms with van der Waals surface area (Å²) < 4.78 is 0. The summed E-state index contributed by atoms with van der Waals surface area (Å²) in [6.45, 7) is 2.56. The second-order valence-corrected chi connectivity index (χ2v) is 7.07. The van der Waals surface area contributed by atoms with Gasteiger partial charge >= 0.3 is 0 Å². The van der Waals surface area contributed by atoms with E-state index >= 15 is 0 Å². The smallest absolute Gasteiger partial charge is 0.246 e. The molecule has 0 saturated carbocycles. The van der Waals surface area contributed by atoms with Crippen LogP contribution in [0.4, 0.5) is 0 Å². The van der Waals surface area contributed by atoms with Gasteiger partial charge in [-0.1, -0.05) is 12.1 Å². The fourth-order valence-electron chi connectivity index (χ4n) is 3.75. The number of phenolic OH excluding ortho intramolecular Hbond substituents is 1. The van der Waals surface area contributed by atoms with Crippen molar-refractivity contribution in [3.63, 3.8) is 0 Å². The summed E-state index contributed by atoms with van der Waals surface area (Å²) in [7, 11) is 0. The number of aromatic nitrogens is 1. The van der Waals surface area contributed by atoms with Crippen molar-refractivity contribution in [1.29, 1.82) is 0 Å². The van der Waals surface area contributed by atoms with E-state index in [4.69, 9.17) is 0 Å². The van der Waals surface area contributed by atoms with Crippen LogP contribution in [0, 0.1) is 0 Å². The highest BCUT2D eigenvalue weighted by molar-refractivity contribution is 5.97. The van der Waals surface area contributed by atoms with Crippen LogP contribution in [0.15, 0.2) is 48.8 Å². The topological polar surface area (TPSA) is 85.8 Å². The summed E-state index contributed by atoms with van der Waals surface area (Å²) in [4.78, 5) is 33.5. The molecule has 7 nitrogen and oxygen atoms in total. The van der Waals surface area contributed by atoms with E-state index < -0.39 is 12.1 Å². The molecule has 1 aromatic carbocycles. The largest absolute Gasteiger partial charge is 0.508 e. The summed E-state index contributed by atoms with van der Waals surface area (Å²) in [5, 5.41) is 12.3. The monoisotopic (exact) mass is 366 g/mol.